The van der Waals surface area contributed by atoms with Crippen molar-refractivity contribution < 1.29 is 4.74 Å². The molecule has 0 atom stereocenters. The molecule has 0 aliphatic rings. The molecule has 0 unspecified atom stereocenters. The van der Waals surface area contributed by atoms with Gasteiger partial charge in [0, 0.05) is 0 Å². The Morgan fingerprint density at radius 1 is 1.07 bits per heavy atom. The fourth-order valence-corrected chi connectivity index (χ4v) is 1.21. The van der Waals surface area contributed by atoms with Gasteiger partial charge in [-0.25, -0.2) is 15.0 Å². The van der Waals surface area contributed by atoms with Gasteiger partial charge in [0.15, 0.2) is 5.82 Å². The third-order valence-corrected chi connectivity index (χ3v) is 1.84. The van der Waals surface area contributed by atoms with Crippen LogP contribution in [0.2, 0.25) is 0 Å². The molecule has 0 saturated carbocycles. The summed E-state index contributed by atoms with van der Waals surface area (Å²) in [7, 11) is 1.63. The summed E-state index contributed by atoms with van der Waals surface area (Å²) >= 11 is 0. The molecular formula is C10H9N3O. The second kappa shape index (κ2) is 3.83. The first-order valence-corrected chi connectivity index (χ1v) is 4.17. The highest BCUT2D eigenvalue weighted by molar-refractivity contribution is 5.63. The van der Waals surface area contributed by atoms with E-state index in [4.69, 9.17) is 4.74 Å². The van der Waals surface area contributed by atoms with Crippen LogP contribution in [0.25, 0.3) is 11.4 Å². The van der Waals surface area contributed by atoms with Gasteiger partial charge in [-0.1, -0.05) is 12.1 Å². The van der Waals surface area contributed by atoms with Gasteiger partial charge in [-0.05, 0) is 12.1 Å². The molecule has 14 heavy (non-hydrogen) atoms. The zero-order valence-corrected chi connectivity index (χ0v) is 7.71. The normalized spacial score (nSPS) is 9.79. The molecule has 0 bridgehead atoms. The summed E-state index contributed by atoms with van der Waals surface area (Å²) in [6.45, 7) is 0. The van der Waals surface area contributed by atoms with E-state index in [2.05, 4.69) is 15.0 Å². The molecule has 0 aliphatic heterocycles. The summed E-state index contributed by atoms with van der Waals surface area (Å²) < 4.78 is 5.20. The van der Waals surface area contributed by atoms with Crippen LogP contribution in [0.3, 0.4) is 0 Å². The molecule has 0 amide bonds. The van der Waals surface area contributed by atoms with Crippen molar-refractivity contribution in [2.45, 2.75) is 0 Å². The van der Waals surface area contributed by atoms with E-state index in [-0.39, 0.29) is 0 Å². The molecule has 4 heteroatoms. The Hall–Kier alpha value is -1.97. The number of methoxy groups -OCH3 is 1. The zero-order valence-electron chi connectivity index (χ0n) is 7.71. The first kappa shape index (κ1) is 8.62. The van der Waals surface area contributed by atoms with Crippen LogP contribution in [0.15, 0.2) is 36.9 Å². The Balaban J connectivity index is 2.51. The van der Waals surface area contributed by atoms with Crippen molar-refractivity contribution in [2.75, 3.05) is 7.11 Å². The molecule has 2 rings (SSSR count). The highest BCUT2D eigenvalue weighted by Gasteiger charge is 2.05. The van der Waals surface area contributed by atoms with Gasteiger partial charge in [0.25, 0.3) is 0 Å². The average Bonchev–Trinajstić information content (AvgIpc) is 2.30. The predicted molar refractivity (Wildman–Crippen MR) is 51.8 cm³/mol. The van der Waals surface area contributed by atoms with Crippen LogP contribution < -0.4 is 4.74 Å². The van der Waals surface area contributed by atoms with Gasteiger partial charge in [0.1, 0.15) is 18.4 Å². The summed E-state index contributed by atoms with van der Waals surface area (Å²) in [6, 6.07) is 7.61. The Morgan fingerprint density at radius 3 is 2.50 bits per heavy atom. The second-order valence-electron chi connectivity index (χ2n) is 2.66. The van der Waals surface area contributed by atoms with Crippen molar-refractivity contribution in [2.24, 2.45) is 0 Å². The summed E-state index contributed by atoms with van der Waals surface area (Å²) in [6.07, 6.45) is 2.93. The topological polar surface area (TPSA) is 47.9 Å². The Bertz CT molecular complexity index is 417. The quantitative estimate of drug-likeness (QED) is 0.715. The molecule has 2 aromatic rings. The van der Waals surface area contributed by atoms with E-state index in [1.54, 1.807) is 7.11 Å². The third kappa shape index (κ3) is 1.54. The molecule has 0 radical (unpaired) electrons. The van der Waals surface area contributed by atoms with Gasteiger partial charge in [-0.2, -0.15) is 0 Å². The lowest BCUT2D eigenvalue weighted by atomic mass is 10.2. The van der Waals surface area contributed by atoms with Gasteiger partial charge in [0.2, 0.25) is 0 Å². The Morgan fingerprint density at radius 2 is 1.79 bits per heavy atom. The van der Waals surface area contributed by atoms with Crippen LogP contribution in [0, 0.1) is 0 Å². The van der Waals surface area contributed by atoms with Gasteiger partial charge in [-0.15, -0.1) is 0 Å². The second-order valence-corrected chi connectivity index (χ2v) is 2.66. The number of para-hydroxylation sites is 1. The summed E-state index contributed by atoms with van der Waals surface area (Å²) in [5.74, 6) is 1.39. The average molecular weight is 187 g/mol. The highest BCUT2D eigenvalue weighted by Crippen LogP contribution is 2.25. The van der Waals surface area contributed by atoms with Crippen LogP contribution in [-0.4, -0.2) is 22.1 Å². The predicted octanol–water partition coefficient (Wildman–Crippen LogP) is 1.55. The van der Waals surface area contributed by atoms with Crippen LogP contribution >= 0.6 is 0 Å². The van der Waals surface area contributed by atoms with Crippen molar-refractivity contribution in [1.82, 2.24) is 15.0 Å². The number of hydrogen-bond donors (Lipinski definition) is 0. The number of benzene rings is 1. The largest absolute Gasteiger partial charge is 0.496 e. The number of rotatable bonds is 2. The molecule has 1 heterocycles. The van der Waals surface area contributed by atoms with Gasteiger partial charge >= 0.3 is 0 Å². The molecule has 0 fully saturated rings. The number of nitrogens with zero attached hydrogens (tertiary/aromatic N) is 3. The van der Waals surface area contributed by atoms with E-state index in [0.29, 0.717) is 5.82 Å². The van der Waals surface area contributed by atoms with E-state index in [9.17, 15) is 0 Å². The minimum absolute atomic E-state index is 0.623. The lowest BCUT2D eigenvalue weighted by Crippen LogP contribution is -1.92. The maximum atomic E-state index is 5.20. The van der Waals surface area contributed by atoms with Crippen LogP contribution in [0.1, 0.15) is 0 Å². The minimum Gasteiger partial charge on any atom is -0.496 e. The SMILES string of the molecule is COc1ccccc1-c1ncncn1. The van der Waals surface area contributed by atoms with E-state index in [1.807, 2.05) is 24.3 Å². The smallest absolute Gasteiger partial charge is 0.166 e. The number of hydrogen-bond acceptors (Lipinski definition) is 4. The lowest BCUT2D eigenvalue weighted by molar-refractivity contribution is 0.416. The van der Waals surface area contributed by atoms with Gasteiger partial charge in [0.05, 0.1) is 12.7 Å². The van der Waals surface area contributed by atoms with Gasteiger partial charge in [-0.3, -0.25) is 0 Å². The van der Waals surface area contributed by atoms with E-state index < -0.39 is 0 Å². The summed E-state index contributed by atoms with van der Waals surface area (Å²) in [4.78, 5) is 11.9. The Kier molecular flexibility index (Phi) is 2.36. The maximum Gasteiger partial charge on any atom is 0.166 e. The minimum atomic E-state index is 0.623. The van der Waals surface area contributed by atoms with Crippen LogP contribution in [0.4, 0.5) is 0 Å². The molecule has 0 N–H and O–H groups in total. The molecule has 1 aromatic carbocycles. The van der Waals surface area contributed by atoms with E-state index >= 15 is 0 Å². The highest BCUT2D eigenvalue weighted by atomic mass is 16.5. The molecule has 0 spiro atoms. The summed E-state index contributed by atoms with van der Waals surface area (Å²) in [5.41, 5.74) is 0.873. The first-order valence-electron chi connectivity index (χ1n) is 4.17. The van der Waals surface area contributed by atoms with Crippen molar-refractivity contribution in [1.29, 1.82) is 0 Å². The van der Waals surface area contributed by atoms with E-state index in [0.717, 1.165) is 11.3 Å². The molecule has 0 aliphatic carbocycles. The molecule has 70 valence electrons. The number of aromatic nitrogens is 3. The Labute approximate surface area is 81.6 Å². The maximum absolute atomic E-state index is 5.20. The van der Waals surface area contributed by atoms with Crippen molar-refractivity contribution in [3.8, 4) is 17.1 Å². The van der Waals surface area contributed by atoms with Crippen LogP contribution in [-0.2, 0) is 0 Å². The zero-order chi connectivity index (χ0) is 9.80. The first-order chi connectivity index (χ1) is 6.92. The van der Waals surface area contributed by atoms with Crippen molar-refractivity contribution in [3.63, 3.8) is 0 Å². The fourth-order valence-electron chi connectivity index (χ4n) is 1.21. The number of ether oxygens (including phenoxy) is 1. The summed E-state index contributed by atoms with van der Waals surface area (Å²) in [5, 5.41) is 0. The molecule has 4 nitrogen and oxygen atoms in total. The lowest BCUT2D eigenvalue weighted by Gasteiger charge is -2.05. The van der Waals surface area contributed by atoms with Crippen molar-refractivity contribution in [3.05, 3.63) is 36.9 Å². The van der Waals surface area contributed by atoms with E-state index in [1.165, 1.54) is 12.7 Å². The molecular weight excluding hydrogens is 178 g/mol. The van der Waals surface area contributed by atoms with Crippen LogP contribution in [0.5, 0.6) is 5.75 Å². The van der Waals surface area contributed by atoms with Gasteiger partial charge < -0.3 is 4.74 Å². The third-order valence-electron chi connectivity index (χ3n) is 1.84. The molecule has 0 saturated heterocycles. The standard InChI is InChI=1S/C10H9N3O/c1-14-9-5-3-2-4-8(9)10-12-6-11-7-13-10/h2-7H,1H3. The molecule has 1 aromatic heterocycles. The van der Waals surface area contributed by atoms with Crippen molar-refractivity contribution >= 4 is 0 Å². The fraction of sp³-hybridized carbons (Fsp3) is 0.100. The monoisotopic (exact) mass is 187 g/mol.